The molecule has 0 saturated carbocycles. The van der Waals surface area contributed by atoms with Crippen molar-refractivity contribution in [2.45, 2.75) is 13.0 Å². The van der Waals surface area contributed by atoms with Crippen molar-refractivity contribution in [3.63, 3.8) is 0 Å². The number of nitrogens with zero attached hydrogens (tertiary/aromatic N) is 1. The molecule has 0 amide bonds. The van der Waals surface area contributed by atoms with Crippen molar-refractivity contribution in [3.8, 4) is 0 Å². The van der Waals surface area contributed by atoms with E-state index in [0.717, 1.165) is 0 Å². The second kappa shape index (κ2) is 2.24. The summed E-state index contributed by atoms with van der Waals surface area (Å²) in [5.74, 6) is 0. The summed E-state index contributed by atoms with van der Waals surface area (Å²) in [4.78, 5) is 0. The Balaban J connectivity index is 2.29. The van der Waals surface area contributed by atoms with Crippen LogP contribution >= 0.6 is 0 Å². The SMILES string of the molecule is CC1=CC2NN(C)C=C2C=C1. The second-order valence-corrected chi connectivity index (χ2v) is 3.09. The molecular formula is C9H12N2. The lowest BCUT2D eigenvalue weighted by Crippen LogP contribution is -2.32. The molecule has 0 radical (unpaired) electrons. The fraction of sp³-hybridized carbons (Fsp3) is 0.333. The average molecular weight is 148 g/mol. The van der Waals surface area contributed by atoms with Crippen molar-refractivity contribution < 1.29 is 0 Å². The van der Waals surface area contributed by atoms with Gasteiger partial charge in [-0.15, -0.1) is 0 Å². The maximum absolute atomic E-state index is 3.30. The zero-order valence-corrected chi connectivity index (χ0v) is 6.83. The number of hydrogen-bond acceptors (Lipinski definition) is 2. The van der Waals surface area contributed by atoms with Gasteiger partial charge in [0.2, 0.25) is 0 Å². The molecule has 2 heteroatoms. The van der Waals surface area contributed by atoms with Gasteiger partial charge in [0.1, 0.15) is 0 Å². The molecule has 0 aromatic carbocycles. The summed E-state index contributed by atoms with van der Waals surface area (Å²) >= 11 is 0. The first kappa shape index (κ1) is 6.68. The van der Waals surface area contributed by atoms with Crippen LogP contribution in [0.5, 0.6) is 0 Å². The zero-order valence-electron chi connectivity index (χ0n) is 6.83. The highest BCUT2D eigenvalue weighted by Gasteiger charge is 2.19. The van der Waals surface area contributed by atoms with Gasteiger partial charge in [-0.25, -0.2) is 5.43 Å². The first-order chi connectivity index (χ1) is 5.25. The summed E-state index contributed by atoms with van der Waals surface area (Å²) in [6.07, 6.45) is 8.65. The van der Waals surface area contributed by atoms with E-state index in [-0.39, 0.29) is 0 Å². The largest absolute Gasteiger partial charge is 0.318 e. The Kier molecular flexibility index (Phi) is 1.36. The van der Waals surface area contributed by atoms with Crippen molar-refractivity contribution in [3.05, 3.63) is 35.6 Å². The maximum Gasteiger partial charge on any atom is 0.0712 e. The van der Waals surface area contributed by atoms with Crippen LogP contribution in [0.15, 0.2) is 35.6 Å². The number of allylic oxidation sites excluding steroid dienone is 2. The van der Waals surface area contributed by atoms with Crippen LogP contribution in [0.1, 0.15) is 6.92 Å². The average Bonchev–Trinajstić information content (AvgIpc) is 2.27. The molecule has 0 bridgehead atoms. The molecule has 1 unspecified atom stereocenters. The molecule has 0 saturated heterocycles. The summed E-state index contributed by atoms with van der Waals surface area (Å²) in [5.41, 5.74) is 5.97. The predicted molar refractivity (Wildman–Crippen MR) is 45.7 cm³/mol. The van der Waals surface area contributed by atoms with Gasteiger partial charge in [0.15, 0.2) is 0 Å². The van der Waals surface area contributed by atoms with E-state index in [9.17, 15) is 0 Å². The molecule has 2 rings (SSSR count). The highest BCUT2D eigenvalue weighted by Crippen LogP contribution is 2.20. The van der Waals surface area contributed by atoms with E-state index in [0.29, 0.717) is 6.04 Å². The molecule has 0 aromatic heterocycles. The van der Waals surface area contributed by atoms with Crippen LogP contribution in [0.3, 0.4) is 0 Å². The van der Waals surface area contributed by atoms with E-state index in [1.807, 2.05) is 12.1 Å². The lowest BCUT2D eigenvalue weighted by molar-refractivity contribution is 0.349. The van der Waals surface area contributed by atoms with E-state index in [1.165, 1.54) is 11.1 Å². The minimum atomic E-state index is 0.407. The number of rotatable bonds is 0. The molecule has 58 valence electrons. The van der Waals surface area contributed by atoms with Gasteiger partial charge in [0.25, 0.3) is 0 Å². The van der Waals surface area contributed by atoms with E-state index in [2.05, 4.69) is 36.8 Å². The highest BCUT2D eigenvalue weighted by atomic mass is 15.5. The fourth-order valence-corrected chi connectivity index (χ4v) is 1.46. The van der Waals surface area contributed by atoms with E-state index < -0.39 is 0 Å². The Bertz CT molecular complexity index is 261. The fourth-order valence-electron chi connectivity index (χ4n) is 1.46. The van der Waals surface area contributed by atoms with Crippen LogP contribution < -0.4 is 5.43 Å². The van der Waals surface area contributed by atoms with Crippen LogP contribution in [-0.2, 0) is 0 Å². The Morgan fingerprint density at radius 1 is 1.45 bits per heavy atom. The van der Waals surface area contributed by atoms with Gasteiger partial charge >= 0.3 is 0 Å². The molecule has 1 heterocycles. The smallest absolute Gasteiger partial charge is 0.0712 e. The van der Waals surface area contributed by atoms with E-state index in [4.69, 9.17) is 0 Å². The Morgan fingerprint density at radius 2 is 2.27 bits per heavy atom. The standard InChI is InChI=1S/C9H12N2/c1-7-3-4-8-6-11(2)10-9(8)5-7/h3-6,9-10H,1-2H3. The van der Waals surface area contributed by atoms with Gasteiger partial charge in [-0.2, -0.15) is 0 Å². The van der Waals surface area contributed by atoms with Gasteiger partial charge in [-0.3, -0.25) is 0 Å². The summed E-state index contributed by atoms with van der Waals surface area (Å²) < 4.78 is 0. The number of hydrazine groups is 1. The lowest BCUT2D eigenvalue weighted by atomic mass is 10.0. The van der Waals surface area contributed by atoms with Crippen molar-refractivity contribution in [1.29, 1.82) is 0 Å². The third kappa shape index (κ3) is 1.10. The Labute approximate surface area is 66.9 Å². The summed E-state index contributed by atoms with van der Waals surface area (Å²) in [6, 6.07) is 0.407. The second-order valence-electron chi connectivity index (χ2n) is 3.09. The molecule has 1 aliphatic carbocycles. The van der Waals surface area contributed by atoms with E-state index >= 15 is 0 Å². The van der Waals surface area contributed by atoms with Gasteiger partial charge < -0.3 is 5.01 Å². The summed E-state index contributed by atoms with van der Waals surface area (Å²) in [7, 11) is 2.02. The molecule has 2 nitrogen and oxygen atoms in total. The van der Waals surface area contributed by atoms with Crippen LogP contribution in [0.4, 0.5) is 0 Å². The van der Waals surface area contributed by atoms with Gasteiger partial charge in [-0.1, -0.05) is 23.8 Å². The van der Waals surface area contributed by atoms with Crippen LogP contribution in [0.2, 0.25) is 0 Å². The number of fused-ring (bicyclic) bond motifs is 1. The zero-order chi connectivity index (χ0) is 7.84. The predicted octanol–water partition coefficient (Wildman–Crippen LogP) is 1.21. The molecule has 1 aliphatic heterocycles. The van der Waals surface area contributed by atoms with Gasteiger partial charge in [-0.05, 0) is 12.5 Å². The first-order valence-corrected chi connectivity index (χ1v) is 3.83. The third-order valence-corrected chi connectivity index (χ3v) is 2.01. The summed E-state index contributed by atoms with van der Waals surface area (Å²) in [6.45, 7) is 2.12. The quantitative estimate of drug-likeness (QED) is 0.555. The molecule has 1 atom stereocenters. The van der Waals surface area contributed by atoms with Crippen LogP contribution in [0, 0.1) is 0 Å². The highest BCUT2D eigenvalue weighted by molar-refractivity contribution is 5.41. The molecule has 1 N–H and O–H groups in total. The van der Waals surface area contributed by atoms with Gasteiger partial charge in [0, 0.05) is 13.2 Å². The molecule has 2 aliphatic rings. The van der Waals surface area contributed by atoms with Crippen molar-refractivity contribution in [1.82, 2.24) is 10.4 Å². The minimum absolute atomic E-state index is 0.407. The first-order valence-electron chi connectivity index (χ1n) is 3.83. The molecule has 0 fully saturated rings. The molecule has 0 spiro atoms. The normalized spacial score (nSPS) is 28.2. The maximum atomic E-state index is 3.30. The van der Waals surface area contributed by atoms with Crippen LogP contribution in [-0.4, -0.2) is 18.1 Å². The van der Waals surface area contributed by atoms with Crippen molar-refractivity contribution >= 4 is 0 Å². The third-order valence-electron chi connectivity index (χ3n) is 2.01. The van der Waals surface area contributed by atoms with Crippen molar-refractivity contribution in [2.24, 2.45) is 0 Å². The Morgan fingerprint density at radius 3 is 3.09 bits per heavy atom. The minimum Gasteiger partial charge on any atom is -0.318 e. The van der Waals surface area contributed by atoms with Crippen molar-refractivity contribution in [2.75, 3.05) is 7.05 Å². The van der Waals surface area contributed by atoms with Crippen LogP contribution in [0.25, 0.3) is 0 Å². The topological polar surface area (TPSA) is 15.3 Å². The lowest BCUT2D eigenvalue weighted by Gasteiger charge is -2.15. The molecular weight excluding hydrogens is 136 g/mol. The monoisotopic (exact) mass is 148 g/mol. The van der Waals surface area contributed by atoms with E-state index in [1.54, 1.807) is 0 Å². The molecule has 0 aromatic rings. The number of nitrogens with one attached hydrogen (secondary N) is 1. The summed E-state index contributed by atoms with van der Waals surface area (Å²) in [5, 5.41) is 2.00. The van der Waals surface area contributed by atoms with Gasteiger partial charge in [0.05, 0.1) is 6.04 Å². The Hall–Kier alpha value is -1.02. The number of hydrogen-bond donors (Lipinski definition) is 1. The molecule has 11 heavy (non-hydrogen) atoms.